The molecule has 0 aliphatic carbocycles. The molecule has 0 spiro atoms. The van der Waals surface area contributed by atoms with Gasteiger partial charge >= 0.3 is 0 Å². The van der Waals surface area contributed by atoms with Crippen molar-refractivity contribution in [2.75, 3.05) is 6.61 Å². The molecule has 94 valence electrons. The average molecular weight is 240 g/mol. The highest BCUT2D eigenvalue weighted by atomic mass is 19.1. The zero-order chi connectivity index (χ0) is 13.1. The highest BCUT2D eigenvalue weighted by Crippen LogP contribution is 2.19. The van der Waals surface area contributed by atoms with Crippen LogP contribution in [0.15, 0.2) is 18.2 Å². The second-order valence-corrected chi connectivity index (χ2v) is 4.34. The summed E-state index contributed by atoms with van der Waals surface area (Å²) in [6, 6.07) is 4.06. The molecule has 3 nitrogen and oxygen atoms in total. The van der Waals surface area contributed by atoms with Gasteiger partial charge in [-0.3, -0.25) is 4.79 Å². The molecule has 0 aliphatic rings. The molecule has 17 heavy (non-hydrogen) atoms. The zero-order valence-corrected chi connectivity index (χ0v) is 10.3. The summed E-state index contributed by atoms with van der Waals surface area (Å²) in [4.78, 5) is 11.0. The number of ketones is 1. The van der Waals surface area contributed by atoms with Crippen LogP contribution in [-0.2, 0) is 0 Å². The van der Waals surface area contributed by atoms with Gasteiger partial charge in [0.15, 0.2) is 5.78 Å². The van der Waals surface area contributed by atoms with Crippen LogP contribution < -0.4 is 4.74 Å². The lowest BCUT2D eigenvalue weighted by Gasteiger charge is -2.21. The summed E-state index contributed by atoms with van der Waals surface area (Å²) in [6.07, 6.45) is 0.543. The van der Waals surface area contributed by atoms with Crippen molar-refractivity contribution in [1.29, 1.82) is 0 Å². The van der Waals surface area contributed by atoms with Crippen molar-refractivity contribution in [2.45, 2.75) is 32.8 Å². The van der Waals surface area contributed by atoms with Crippen molar-refractivity contribution in [3.8, 4) is 5.75 Å². The maximum absolute atomic E-state index is 13.4. The summed E-state index contributed by atoms with van der Waals surface area (Å²) in [5.74, 6) is -0.623. The Kier molecular flexibility index (Phi) is 4.23. The maximum atomic E-state index is 13.4. The van der Waals surface area contributed by atoms with Gasteiger partial charge in [0.1, 0.15) is 18.2 Å². The summed E-state index contributed by atoms with van der Waals surface area (Å²) in [7, 11) is 0. The highest BCUT2D eigenvalue weighted by Gasteiger charge is 2.18. The van der Waals surface area contributed by atoms with Gasteiger partial charge in [0.25, 0.3) is 0 Å². The number of halogens is 1. The number of carbonyl (C=O) groups is 1. The molecule has 1 aromatic rings. The molecule has 0 fully saturated rings. The molecular weight excluding hydrogens is 223 g/mol. The van der Waals surface area contributed by atoms with Crippen LogP contribution in [-0.4, -0.2) is 23.1 Å². The van der Waals surface area contributed by atoms with Crippen LogP contribution in [0.2, 0.25) is 0 Å². The molecular formula is C13H17FO3. The number of Topliss-reactive ketones (excluding diaryl/α,β-unsaturated/α-hetero) is 1. The molecule has 0 aliphatic heterocycles. The summed E-state index contributed by atoms with van der Waals surface area (Å²) in [5.41, 5.74) is -0.894. The van der Waals surface area contributed by atoms with E-state index < -0.39 is 11.4 Å². The third-order valence-electron chi connectivity index (χ3n) is 2.63. The van der Waals surface area contributed by atoms with E-state index in [2.05, 4.69) is 0 Å². The first-order valence-corrected chi connectivity index (χ1v) is 5.51. The number of benzene rings is 1. The fourth-order valence-electron chi connectivity index (χ4n) is 1.21. The highest BCUT2D eigenvalue weighted by molar-refractivity contribution is 5.94. The summed E-state index contributed by atoms with van der Waals surface area (Å²) in [6.45, 7) is 4.87. The van der Waals surface area contributed by atoms with E-state index in [0.717, 1.165) is 6.07 Å². The Balaban J connectivity index is 2.75. The van der Waals surface area contributed by atoms with Gasteiger partial charge in [0.05, 0.1) is 11.2 Å². The molecule has 0 heterocycles. The first-order valence-electron chi connectivity index (χ1n) is 5.51. The van der Waals surface area contributed by atoms with Crippen molar-refractivity contribution in [3.05, 3.63) is 29.6 Å². The van der Waals surface area contributed by atoms with Gasteiger partial charge in [-0.1, -0.05) is 6.92 Å². The molecule has 0 amide bonds. The Bertz CT molecular complexity index is 413. The zero-order valence-electron chi connectivity index (χ0n) is 10.3. The van der Waals surface area contributed by atoms with Crippen LogP contribution >= 0.6 is 0 Å². The number of aliphatic hydroxyl groups is 1. The number of ether oxygens (including phenoxy) is 1. The Hall–Kier alpha value is -1.42. The van der Waals surface area contributed by atoms with E-state index in [4.69, 9.17) is 4.74 Å². The van der Waals surface area contributed by atoms with Crippen molar-refractivity contribution < 1.29 is 19.0 Å². The minimum atomic E-state index is -0.935. The van der Waals surface area contributed by atoms with E-state index in [9.17, 15) is 14.3 Å². The third-order valence-corrected chi connectivity index (χ3v) is 2.63. The van der Waals surface area contributed by atoms with Crippen LogP contribution in [0.1, 0.15) is 37.6 Å². The number of carbonyl (C=O) groups excluding carboxylic acids is 1. The van der Waals surface area contributed by atoms with Gasteiger partial charge in [0.2, 0.25) is 0 Å². The molecule has 1 unspecified atom stereocenters. The lowest BCUT2D eigenvalue weighted by Crippen LogP contribution is -2.31. The van der Waals surface area contributed by atoms with Crippen LogP contribution in [0.3, 0.4) is 0 Å². The summed E-state index contributed by atoms with van der Waals surface area (Å²) >= 11 is 0. The molecule has 1 aromatic carbocycles. The second-order valence-electron chi connectivity index (χ2n) is 4.34. The van der Waals surface area contributed by atoms with E-state index in [0.29, 0.717) is 12.2 Å². The van der Waals surface area contributed by atoms with Crippen LogP contribution in [0.25, 0.3) is 0 Å². The molecule has 4 heteroatoms. The van der Waals surface area contributed by atoms with Gasteiger partial charge in [-0.25, -0.2) is 4.39 Å². The van der Waals surface area contributed by atoms with Crippen molar-refractivity contribution in [1.82, 2.24) is 0 Å². The maximum Gasteiger partial charge on any atom is 0.162 e. The Morgan fingerprint density at radius 3 is 2.65 bits per heavy atom. The molecule has 0 aromatic heterocycles. The van der Waals surface area contributed by atoms with Gasteiger partial charge < -0.3 is 9.84 Å². The first kappa shape index (κ1) is 13.6. The molecule has 0 saturated heterocycles. The fraction of sp³-hybridized carbons (Fsp3) is 0.462. The lowest BCUT2D eigenvalue weighted by molar-refractivity contribution is 0.00836. The molecule has 0 bridgehead atoms. The van der Waals surface area contributed by atoms with Gasteiger partial charge in [-0.2, -0.15) is 0 Å². The molecule has 1 N–H and O–H groups in total. The smallest absolute Gasteiger partial charge is 0.162 e. The quantitative estimate of drug-likeness (QED) is 0.804. The van der Waals surface area contributed by atoms with E-state index in [-0.39, 0.29) is 18.0 Å². The fourth-order valence-corrected chi connectivity index (χ4v) is 1.21. The number of rotatable bonds is 5. The summed E-state index contributed by atoms with van der Waals surface area (Å²) in [5, 5.41) is 9.72. The van der Waals surface area contributed by atoms with Crippen molar-refractivity contribution in [2.24, 2.45) is 0 Å². The average Bonchev–Trinajstić information content (AvgIpc) is 2.26. The van der Waals surface area contributed by atoms with Crippen LogP contribution in [0.5, 0.6) is 5.75 Å². The third kappa shape index (κ3) is 3.82. The standard InChI is InChI=1S/C13H17FO3/c1-4-13(3,16)8-17-10-5-6-11(9(2)15)12(14)7-10/h5-7,16H,4,8H2,1-3H3. The Morgan fingerprint density at radius 2 is 2.18 bits per heavy atom. The normalized spacial score (nSPS) is 14.2. The van der Waals surface area contributed by atoms with Gasteiger partial charge in [-0.05, 0) is 32.4 Å². The minimum Gasteiger partial charge on any atom is -0.491 e. The topological polar surface area (TPSA) is 46.5 Å². The largest absolute Gasteiger partial charge is 0.491 e. The van der Waals surface area contributed by atoms with Crippen LogP contribution in [0, 0.1) is 5.82 Å². The Morgan fingerprint density at radius 1 is 1.53 bits per heavy atom. The Labute approximate surface area is 100 Å². The summed E-state index contributed by atoms with van der Waals surface area (Å²) < 4.78 is 18.7. The second kappa shape index (κ2) is 5.27. The molecule has 0 saturated carbocycles. The van der Waals surface area contributed by atoms with E-state index in [1.807, 2.05) is 6.92 Å². The molecule has 0 radical (unpaired) electrons. The van der Waals surface area contributed by atoms with Crippen molar-refractivity contribution in [3.63, 3.8) is 0 Å². The molecule has 1 atom stereocenters. The minimum absolute atomic E-state index is 0.0413. The van der Waals surface area contributed by atoms with Crippen LogP contribution in [0.4, 0.5) is 4.39 Å². The monoisotopic (exact) mass is 240 g/mol. The molecule has 1 rings (SSSR count). The first-order chi connectivity index (χ1) is 7.85. The lowest BCUT2D eigenvalue weighted by atomic mass is 10.1. The van der Waals surface area contributed by atoms with E-state index >= 15 is 0 Å². The van der Waals surface area contributed by atoms with Crippen molar-refractivity contribution >= 4 is 5.78 Å². The number of hydrogen-bond acceptors (Lipinski definition) is 3. The predicted octanol–water partition coefficient (Wildman–Crippen LogP) is 2.57. The van der Waals surface area contributed by atoms with E-state index in [1.54, 1.807) is 6.92 Å². The van der Waals surface area contributed by atoms with Gasteiger partial charge in [-0.15, -0.1) is 0 Å². The van der Waals surface area contributed by atoms with E-state index in [1.165, 1.54) is 19.1 Å². The number of hydrogen-bond donors (Lipinski definition) is 1. The SMILES string of the molecule is CCC(C)(O)COc1ccc(C(C)=O)c(F)c1. The predicted molar refractivity (Wildman–Crippen MR) is 62.8 cm³/mol. The van der Waals surface area contributed by atoms with Gasteiger partial charge in [0, 0.05) is 6.07 Å².